The van der Waals surface area contributed by atoms with Crippen LogP contribution >= 0.6 is 11.6 Å². The summed E-state index contributed by atoms with van der Waals surface area (Å²) in [6, 6.07) is 7.87. The molecular weight excluding hydrogens is 253 g/mol. The van der Waals surface area contributed by atoms with Crippen LogP contribution in [0.3, 0.4) is 0 Å². The molecule has 0 aliphatic rings. The molecule has 4 heteroatoms. The fourth-order valence-electron chi connectivity index (χ4n) is 1.81. The molecule has 1 N–H and O–H groups in total. The van der Waals surface area contributed by atoms with E-state index in [2.05, 4.69) is 4.98 Å². The van der Waals surface area contributed by atoms with Crippen LogP contribution in [-0.2, 0) is 6.42 Å². The van der Waals surface area contributed by atoms with Crippen molar-refractivity contribution in [1.82, 2.24) is 4.98 Å². The van der Waals surface area contributed by atoms with Crippen molar-refractivity contribution in [2.24, 2.45) is 0 Å². The molecule has 2 rings (SSSR count). The number of aliphatic hydroxyl groups excluding tert-OH is 1. The van der Waals surface area contributed by atoms with Crippen LogP contribution in [0.25, 0.3) is 0 Å². The lowest BCUT2D eigenvalue weighted by molar-refractivity contribution is 0.178. The Hall–Kier alpha value is -1.45. The summed E-state index contributed by atoms with van der Waals surface area (Å²) in [7, 11) is 0. The molecule has 1 heterocycles. The van der Waals surface area contributed by atoms with Gasteiger partial charge in [0.05, 0.1) is 6.10 Å². The zero-order chi connectivity index (χ0) is 13.1. The predicted molar refractivity (Wildman–Crippen MR) is 69.0 cm³/mol. The molecule has 1 atom stereocenters. The molecule has 0 amide bonds. The summed E-state index contributed by atoms with van der Waals surface area (Å²) in [5.74, 6) is -0.296. The largest absolute Gasteiger partial charge is 0.388 e. The smallest absolute Gasteiger partial charge is 0.129 e. The Kier molecular flexibility index (Phi) is 3.94. The molecule has 2 nitrogen and oxygen atoms in total. The number of rotatable bonds is 3. The first-order valence-corrected chi connectivity index (χ1v) is 5.98. The maximum atomic E-state index is 13.2. The molecule has 94 valence electrons. The van der Waals surface area contributed by atoms with E-state index in [-0.39, 0.29) is 5.82 Å². The van der Waals surface area contributed by atoms with Gasteiger partial charge >= 0.3 is 0 Å². The molecule has 0 bridgehead atoms. The maximum Gasteiger partial charge on any atom is 0.129 e. The van der Waals surface area contributed by atoms with E-state index in [9.17, 15) is 9.50 Å². The Morgan fingerprint density at radius 3 is 2.83 bits per heavy atom. The molecule has 0 spiro atoms. The second kappa shape index (κ2) is 5.46. The van der Waals surface area contributed by atoms with E-state index in [0.717, 1.165) is 11.1 Å². The van der Waals surface area contributed by atoms with Gasteiger partial charge in [0, 0.05) is 12.6 Å². The van der Waals surface area contributed by atoms with Crippen LogP contribution in [-0.4, -0.2) is 10.1 Å². The first-order valence-electron chi connectivity index (χ1n) is 5.61. The Labute approximate surface area is 110 Å². The van der Waals surface area contributed by atoms with Gasteiger partial charge in [-0.05, 0) is 47.9 Å². The lowest BCUT2D eigenvalue weighted by atomic mass is 9.99. The van der Waals surface area contributed by atoms with E-state index >= 15 is 0 Å². The highest BCUT2D eigenvalue weighted by atomic mass is 35.5. The first-order chi connectivity index (χ1) is 8.56. The fourth-order valence-corrected chi connectivity index (χ4v) is 1.99. The lowest BCUT2D eigenvalue weighted by Crippen LogP contribution is -2.04. The second-order valence-corrected chi connectivity index (χ2v) is 4.59. The van der Waals surface area contributed by atoms with E-state index in [1.165, 1.54) is 12.1 Å². The summed E-state index contributed by atoms with van der Waals surface area (Å²) >= 11 is 5.77. The van der Waals surface area contributed by atoms with Crippen molar-refractivity contribution in [3.8, 4) is 0 Å². The summed E-state index contributed by atoms with van der Waals surface area (Å²) in [6.07, 6.45) is 1.18. The lowest BCUT2D eigenvalue weighted by Gasteiger charge is -2.13. The van der Waals surface area contributed by atoms with Crippen molar-refractivity contribution < 1.29 is 9.50 Å². The zero-order valence-corrected chi connectivity index (χ0v) is 10.7. The molecule has 18 heavy (non-hydrogen) atoms. The Balaban J connectivity index is 2.21. The summed E-state index contributed by atoms with van der Waals surface area (Å²) in [4.78, 5) is 3.86. The standard InChI is InChI=1S/C14H13ClFNO/c1-9-2-3-12(16)6-11(9)7-13(18)10-4-5-17-14(15)8-10/h2-6,8,13,18H,7H2,1H3. The summed E-state index contributed by atoms with van der Waals surface area (Å²) in [5.41, 5.74) is 2.42. The van der Waals surface area contributed by atoms with Gasteiger partial charge in [-0.1, -0.05) is 17.7 Å². The number of benzene rings is 1. The number of hydrogen-bond acceptors (Lipinski definition) is 2. The molecule has 0 aliphatic heterocycles. The fraction of sp³-hybridized carbons (Fsp3) is 0.214. The molecule has 0 saturated carbocycles. The molecule has 1 aromatic heterocycles. The van der Waals surface area contributed by atoms with E-state index < -0.39 is 6.10 Å². The maximum absolute atomic E-state index is 13.2. The number of pyridine rings is 1. The number of aromatic nitrogens is 1. The predicted octanol–water partition coefficient (Wildman–Crippen LogP) is 3.46. The van der Waals surface area contributed by atoms with Gasteiger partial charge in [-0.15, -0.1) is 0 Å². The average Bonchev–Trinajstić information content (AvgIpc) is 2.34. The highest BCUT2D eigenvalue weighted by Crippen LogP contribution is 2.22. The summed E-state index contributed by atoms with van der Waals surface area (Å²) < 4.78 is 13.2. The molecule has 0 radical (unpaired) electrons. The molecule has 0 fully saturated rings. The number of nitrogens with zero attached hydrogens (tertiary/aromatic N) is 1. The van der Waals surface area contributed by atoms with E-state index in [1.807, 2.05) is 6.92 Å². The van der Waals surface area contributed by atoms with Crippen molar-refractivity contribution in [2.45, 2.75) is 19.4 Å². The molecular formula is C14H13ClFNO. The Morgan fingerprint density at radius 1 is 1.33 bits per heavy atom. The van der Waals surface area contributed by atoms with Gasteiger partial charge in [-0.3, -0.25) is 0 Å². The number of aryl methyl sites for hydroxylation is 1. The molecule has 0 aliphatic carbocycles. The minimum Gasteiger partial charge on any atom is -0.388 e. The van der Waals surface area contributed by atoms with Gasteiger partial charge in [-0.2, -0.15) is 0 Å². The number of hydrogen-bond donors (Lipinski definition) is 1. The van der Waals surface area contributed by atoms with E-state index in [1.54, 1.807) is 24.4 Å². The second-order valence-electron chi connectivity index (χ2n) is 4.20. The third-order valence-electron chi connectivity index (χ3n) is 2.86. The van der Waals surface area contributed by atoms with Crippen molar-refractivity contribution in [1.29, 1.82) is 0 Å². The van der Waals surface area contributed by atoms with Crippen LogP contribution in [0.5, 0.6) is 0 Å². The normalized spacial score (nSPS) is 12.4. The molecule has 1 unspecified atom stereocenters. The zero-order valence-electron chi connectivity index (χ0n) is 9.90. The Bertz CT molecular complexity index is 559. The third-order valence-corrected chi connectivity index (χ3v) is 3.07. The van der Waals surface area contributed by atoms with E-state index in [0.29, 0.717) is 17.1 Å². The number of halogens is 2. The van der Waals surface area contributed by atoms with Crippen LogP contribution in [0, 0.1) is 12.7 Å². The summed E-state index contributed by atoms with van der Waals surface area (Å²) in [6.45, 7) is 1.89. The molecule has 2 aromatic rings. The van der Waals surface area contributed by atoms with E-state index in [4.69, 9.17) is 11.6 Å². The SMILES string of the molecule is Cc1ccc(F)cc1CC(O)c1ccnc(Cl)c1. The highest BCUT2D eigenvalue weighted by Gasteiger charge is 2.11. The van der Waals surface area contributed by atoms with Gasteiger partial charge in [0.25, 0.3) is 0 Å². The minimum atomic E-state index is -0.717. The quantitative estimate of drug-likeness (QED) is 0.862. The molecule has 0 saturated heterocycles. The van der Waals surface area contributed by atoms with Crippen LogP contribution in [0.1, 0.15) is 22.8 Å². The Morgan fingerprint density at radius 2 is 2.11 bits per heavy atom. The van der Waals surface area contributed by atoms with Gasteiger partial charge in [0.15, 0.2) is 0 Å². The number of aliphatic hydroxyl groups is 1. The van der Waals surface area contributed by atoms with Gasteiger partial charge in [0.1, 0.15) is 11.0 Å². The topological polar surface area (TPSA) is 33.1 Å². The third kappa shape index (κ3) is 3.06. The van der Waals surface area contributed by atoms with Crippen LogP contribution < -0.4 is 0 Å². The monoisotopic (exact) mass is 265 g/mol. The minimum absolute atomic E-state index is 0.296. The van der Waals surface area contributed by atoms with Gasteiger partial charge in [-0.25, -0.2) is 9.37 Å². The average molecular weight is 266 g/mol. The van der Waals surface area contributed by atoms with Gasteiger partial charge in [0.2, 0.25) is 0 Å². The summed E-state index contributed by atoms with van der Waals surface area (Å²) in [5, 5.41) is 10.4. The van der Waals surface area contributed by atoms with Crippen LogP contribution in [0.2, 0.25) is 5.15 Å². The highest BCUT2D eigenvalue weighted by molar-refractivity contribution is 6.29. The van der Waals surface area contributed by atoms with Gasteiger partial charge < -0.3 is 5.11 Å². The first kappa shape index (κ1) is 13.0. The van der Waals surface area contributed by atoms with Crippen molar-refractivity contribution in [2.75, 3.05) is 0 Å². The van der Waals surface area contributed by atoms with Crippen LogP contribution in [0.4, 0.5) is 4.39 Å². The van der Waals surface area contributed by atoms with Crippen molar-refractivity contribution in [3.63, 3.8) is 0 Å². The molecule has 1 aromatic carbocycles. The van der Waals surface area contributed by atoms with Crippen molar-refractivity contribution in [3.05, 3.63) is 64.2 Å². The van der Waals surface area contributed by atoms with Crippen LogP contribution in [0.15, 0.2) is 36.5 Å². The van der Waals surface area contributed by atoms with Crippen molar-refractivity contribution >= 4 is 11.6 Å².